The number of pyridine rings is 1. The van der Waals surface area contributed by atoms with Gasteiger partial charge in [-0.1, -0.05) is 48.5 Å². The van der Waals surface area contributed by atoms with Gasteiger partial charge < -0.3 is 10.4 Å². The van der Waals surface area contributed by atoms with Crippen LogP contribution in [0.4, 0.5) is 0 Å². The van der Waals surface area contributed by atoms with E-state index in [0.29, 0.717) is 18.0 Å². The minimum atomic E-state index is -1.62. The Bertz CT molecular complexity index is 947. The lowest BCUT2D eigenvalue weighted by Gasteiger charge is -2.25. The van der Waals surface area contributed by atoms with Gasteiger partial charge in [-0.25, -0.2) is 4.98 Å². The average molecular weight is 346 g/mol. The van der Waals surface area contributed by atoms with Crippen molar-refractivity contribution in [3.8, 4) is 11.3 Å². The summed E-state index contributed by atoms with van der Waals surface area (Å²) >= 11 is 0. The molecule has 1 unspecified atom stereocenters. The molecule has 4 rings (SSSR count). The van der Waals surface area contributed by atoms with Gasteiger partial charge in [-0.15, -0.1) is 0 Å². The summed E-state index contributed by atoms with van der Waals surface area (Å²) in [5.41, 5.74) is 1.42. The Morgan fingerprint density at radius 1 is 1.15 bits per heavy atom. The topological polar surface area (TPSA) is 62.2 Å². The third-order valence-electron chi connectivity index (χ3n) is 5.00. The van der Waals surface area contributed by atoms with E-state index in [1.165, 1.54) is 0 Å². The molecule has 0 radical (unpaired) electrons. The summed E-state index contributed by atoms with van der Waals surface area (Å²) in [6.07, 6.45) is 2.30. The normalized spacial score (nSPS) is 16.2. The molecule has 1 atom stereocenters. The second-order valence-electron chi connectivity index (χ2n) is 7.16. The van der Waals surface area contributed by atoms with Gasteiger partial charge in [0.05, 0.1) is 11.2 Å². The number of carbonyl (C=O) groups is 1. The summed E-state index contributed by atoms with van der Waals surface area (Å²) in [5.74, 6) is 0.198. The number of para-hydroxylation sites is 1. The van der Waals surface area contributed by atoms with Gasteiger partial charge in [-0.3, -0.25) is 4.79 Å². The van der Waals surface area contributed by atoms with Gasteiger partial charge in [0.2, 0.25) is 0 Å². The van der Waals surface area contributed by atoms with E-state index >= 15 is 0 Å². The van der Waals surface area contributed by atoms with Crippen LogP contribution in [0.2, 0.25) is 0 Å². The Labute approximate surface area is 152 Å². The lowest BCUT2D eigenvalue weighted by Crippen LogP contribution is -2.43. The van der Waals surface area contributed by atoms with Gasteiger partial charge in [0, 0.05) is 23.1 Å². The molecule has 1 heterocycles. The van der Waals surface area contributed by atoms with Gasteiger partial charge in [0.1, 0.15) is 0 Å². The van der Waals surface area contributed by atoms with Gasteiger partial charge in [-0.2, -0.15) is 0 Å². The summed E-state index contributed by atoms with van der Waals surface area (Å²) < 4.78 is 0. The third-order valence-corrected chi connectivity index (χ3v) is 5.00. The molecule has 2 aromatic carbocycles. The van der Waals surface area contributed by atoms with E-state index in [2.05, 4.69) is 5.32 Å². The molecule has 1 fully saturated rings. The van der Waals surface area contributed by atoms with Crippen LogP contribution in [-0.2, 0) is 10.4 Å². The van der Waals surface area contributed by atoms with Gasteiger partial charge in [0.15, 0.2) is 5.60 Å². The molecule has 4 nitrogen and oxygen atoms in total. The highest BCUT2D eigenvalue weighted by Gasteiger charge is 2.35. The number of rotatable bonds is 5. The largest absolute Gasteiger partial charge is 0.376 e. The lowest BCUT2D eigenvalue weighted by atomic mass is 9.90. The zero-order valence-corrected chi connectivity index (χ0v) is 14.8. The molecule has 1 amide bonds. The van der Waals surface area contributed by atoms with Crippen LogP contribution in [0, 0.1) is 5.92 Å². The van der Waals surface area contributed by atoms with Crippen LogP contribution < -0.4 is 5.32 Å². The molecule has 1 aromatic heterocycles. The fourth-order valence-corrected chi connectivity index (χ4v) is 3.19. The van der Waals surface area contributed by atoms with Gasteiger partial charge in [-0.05, 0) is 37.8 Å². The van der Waals surface area contributed by atoms with E-state index in [-0.39, 0.29) is 5.91 Å². The highest BCUT2D eigenvalue weighted by Crippen LogP contribution is 2.33. The van der Waals surface area contributed by atoms with Crippen LogP contribution in [0.25, 0.3) is 22.2 Å². The maximum Gasteiger partial charge on any atom is 0.256 e. The minimum absolute atomic E-state index is 0.361. The standard InChI is InChI=1S/C22H22N2O2/c1-22(26,21(25)23-14-15-11-12-15)18-13-20(16-7-3-2-4-8-16)24-19-10-6-5-9-17(18)19/h2-10,13,15,26H,11-12,14H2,1H3,(H,23,25). The van der Waals surface area contributed by atoms with Crippen molar-refractivity contribution < 1.29 is 9.90 Å². The Kier molecular flexibility index (Phi) is 4.21. The zero-order valence-electron chi connectivity index (χ0n) is 14.8. The predicted octanol–water partition coefficient (Wildman–Crippen LogP) is 3.64. The van der Waals surface area contributed by atoms with Crippen LogP contribution >= 0.6 is 0 Å². The van der Waals surface area contributed by atoms with Gasteiger partial charge in [0.25, 0.3) is 5.91 Å². The van der Waals surface area contributed by atoms with Crippen LogP contribution in [0.5, 0.6) is 0 Å². The molecule has 0 aliphatic heterocycles. The maximum absolute atomic E-state index is 12.7. The van der Waals surface area contributed by atoms with Crippen molar-refractivity contribution in [3.63, 3.8) is 0 Å². The first-order valence-electron chi connectivity index (χ1n) is 9.02. The molecule has 2 N–H and O–H groups in total. The Morgan fingerprint density at radius 2 is 1.85 bits per heavy atom. The number of aliphatic hydroxyl groups is 1. The minimum Gasteiger partial charge on any atom is -0.376 e. The van der Waals surface area contributed by atoms with Crippen molar-refractivity contribution >= 4 is 16.8 Å². The number of nitrogens with zero attached hydrogens (tertiary/aromatic N) is 1. The van der Waals surface area contributed by atoms with Crippen molar-refractivity contribution in [3.05, 3.63) is 66.2 Å². The van der Waals surface area contributed by atoms with Crippen LogP contribution in [0.15, 0.2) is 60.7 Å². The summed E-state index contributed by atoms with van der Waals surface area (Å²) in [5, 5.41) is 14.8. The van der Waals surface area contributed by atoms with Crippen molar-refractivity contribution in [2.24, 2.45) is 5.92 Å². The van der Waals surface area contributed by atoms with Crippen molar-refractivity contribution in [1.29, 1.82) is 0 Å². The van der Waals surface area contributed by atoms with Crippen LogP contribution in [0.1, 0.15) is 25.3 Å². The number of amides is 1. The molecule has 4 heteroatoms. The van der Waals surface area contributed by atoms with Crippen LogP contribution in [0.3, 0.4) is 0 Å². The van der Waals surface area contributed by atoms with E-state index < -0.39 is 5.60 Å². The number of fused-ring (bicyclic) bond motifs is 1. The number of carbonyl (C=O) groups excluding carboxylic acids is 1. The first-order valence-corrected chi connectivity index (χ1v) is 9.02. The van der Waals surface area contributed by atoms with Crippen molar-refractivity contribution in [2.75, 3.05) is 6.54 Å². The van der Waals surface area contributed by atoms with Crippen molar-refractivity contribution in [1.82, 2.24) is 10.3 Å². The first-order chi connectivity index (χ1) is 12.6. The SMILES string of the molecule is CC(O)(C(=O)NCC1CC1)c1cc(-c2ccccc2)nc2ccccc12. The molecule has 0 saturated heterocycles. The number of benzene rings is 2. The first kappa shape index (κ1) is 16.7. The van der Waals surface area contributed by atoms with Crippen molar-refractivity contribution in [2.45, 2.75) is 25.4 Å². The Balaban J connectivity index is 1.80. The predicted molar refractivity (Wildman–Crippen MR) is 102 cm³/mol. The summed E-state index contributed by atoms with van der Waals surface area (Å²) in [4.78, 5) is 17.4. The smallest absolute Gasteiger partial charge is 0.256 e. The summed E-state index contributed by atoms with van der Waals surface area (Å²) in [6.45, 7) is 2.19. The molecule has 0 bridgehead atoms. The van der Waals surface area contributed by atoms with E-state index in [9.17, 15) is 9.90 Å². The van der Waals surface area contributed by atoms with Gasteiger partial charge >= 0.3 is 0 Å². The molecule has 26 heavy (non-hydrogen) atoms. The molecular weight excluding hydrogens is 324 g/mol. The monoisotopic (exact) mass is 346 g/mol. The zero-order chi connectivity index (χ0) is 18.1. The number of hydrogen-bond acceptors (Lipinski definition) is 3. The molecule has 132 valence electrons. The van der Waals surface area contributed by atoms with E-state index in [4.69, 9.17) is 4.98 Å². The highest BCUT2D eigenvalue weighted by molar-refractivity contribution is 5.94. The Morgan fingerprint density at radius 3 is 2.58 bits per heavy atom. The molecule has 3 aromatic rings. The second kappa shape index (κ2) is 6.54. The number of aromatic nitrogens is 1. The number of hydrogen-bond donors (Lipinski definition) is 2. The molecular formula is C22H22N2O2. The summed E-state index contributed by atoms with van der Waals surface area (Å²) in [6, 6.07) is 19.2. The second-order valence-corrected chi connectivity index (χ2v) is 7.16. The fourth-order valence-electron chi connectivity index (χ4n) is 3.19. The van der Waals surface area contributed by atoms with Crippen LogP contribution in [-0.4, -0.2) is 22.5 Å². The molecule has 1 aliphatic rings. The fraction of sp³-hybridized carbons (Fsp3) is 0.273. The maximum atomic E-state index is 12.7. The average Bonchev–Trinajstić information content (AvgIpc) is 3.50. The highest BCUT2D eigenvalue weighted by atomic mass is 16.3. The molecule has 0 spiro atoms. The number of nitrogens with one attached hydrogen (secondary N) is 1. The quantitative estimate of drug-likeness (QED) is 0.741. The van der Waals surface area contributed by atoms with E-state index in [1.54, 1.807) is 6.92 Å². The summed E-state index contributed by atoms with van der Waals surface area (Å²) in [7, 11) is 0. The molecule has 1 aliphatic carbocycles. The lowest BCUT2D eigenvalue weighted by molar-refractivity contribution is -0.138. The Hall–Kier alpha value is -2.72. The third kappa shape index (κ3) is 3.20. The van der Waals surface area contributed by atoms with E-state index in [1.807, 2.05) is 60.7 Å². The van der Waals surface area contributed by atoms with E-state index in [0.717, 1.165) is 35.0 Å². The molecule has 1 saturated carbocycles.